The number of nitrogens with one attached hydrogen (secondary N) is 2. The minimum Gasteiger partial charge on any atom is -0.369 e. The van der Waals surface area contributed by atoms with Crippen LogP contribution in [-0.4, -0.2) is 71.0 Å². The van der Waals surface area contributed by atoms with E-state index >= 15 is 0 Å². The number of amides is 1. The van der Waals surface area contributed by atoms with Crippen molar-refractivity contribution in [1.82, 2.24) is 30.4 Å². The molecule has 0 spiro atoms. The number of anilines is 3. The average Bonchev–Trinajstić information content (AvgIpc) is 3.18. The Morgan fingerprint density at radius 2 is 1.85 bits per heavy atom. The van der Waals surface area contributed by atoms with Crippen molar-refractivity contribution in [3.8, 4) is 0 Å². The van der Waals surface area contributed by atoms with Crippen molar-refractivity contribution in [3.05, 3.63) is 77.8 Å². The Balaban J connectivity index is 1.36. The number of aryl methyl sites for hydroxylation is 1. The van der Waals surface area contributed by atoms with Gasteiger partial charge in [-0.1, -0.05) is 0 Å². The molecule has 1 fully saturated rings. The number of hydrogen-bond donors (Lipinski definition) is 2. The van der Waals surface area contributed by atoms with E-state index < -0.39 is 17.6 Å². The quantitative estimate of drug-likeness (QED) is 0.490. The van der Waals surface area contributed by atoms with Crippen molar-refractivity contribution in [2.24, 2.45) is 0 Å². The lowest BCUT2D eigenvalue weighted by molar-refractivity contribution is -0.137. The summed E-state index contributed by atoms with van der Waals surface area (Å²) in [5.74, 6) is -0.770. The van der Waals surface area contributed by atoms with Gasteiger partial charge >= 0.3 is 6.18 Å². The molecule has 3 aromatic rings. The highest BCUT2D eigenvalue weighted by Gasteiger charge is 2.31. The van der Waals surface area contributed by atoms with Gasteiger partial charge in [-0.15, -0.1) is 5.53 Å². The number of carbonyl (C=O) groups is 1. The van der Waals surface area contributed by atoms with Gasteiger partial charge in [0.25, 0.3) is 5.91 Å². The lowest BCUT2D eigenvalue weighted by atomic mass is 10.2. The fourth-order valence-corrected chi connectivity index (χ4v) is 4.65. The van der Waals surface area contributed by atoms with Gasteiger partial charge in [-0.2, -0.15) is 13.2 Å². The van der Waals surface area contributed by atoms with E-state index in [0.717, 1.165) is 67.9 Å². The summed E-state index contributed by atoms with van der Waals surface area (Å²) in [7, 11) is 4.02. The number of rotatable bonds is 5. The van der Waals surface area contributed by atoms with Crippen LogP contribution in [0.25, 0.3) is 5.70 Å². The largest absolute Gasteiger partial charge is 0.416 e. The van der Waals surface area contributed by atoms with Crippen LogP contribution < -0.4 is 20.8 Å². The molecule has 5 rings (SSSR count). The number of carbonyl (C=O) groups excluding carboxylic acids is 1. The van der Waals surface area contributed by atoms with Crippen molar-refractivity contribution in [2.75, 3.05) is 55.5 Å². The fraction of sp³-hybridized carbons (Fsp3) is 0.333. The monoisotopic (exact) mass is 553 g/mol. The molecule has 0 atom stereocenters. The Morgan fingerprint density at radius 3 is 2.65 bits per heavy atom. The van der Waals surface area contributed by atoms with Gasteiger partial charge in [0.1, 0.15) is 5.69 Å². The second-order valence-corrected chi connectivity index (χ2v) is 9.83. The standard InChI is InChI=1S/C27H30F3N9O/c1-18-24(13-21(15-33-18)34-26(40)23-12-20(5-6-32-23)27(28,29)30)39-17-25(37(3)35-39)19-11-22(16-31-14-19)38-8-4-7-36(2)9-10-38/h5-6,11-17,35H,4,7-10H2,1-3H3,(H,34,40). The lowest BCUT2D eigenvalue weighted by Crippen LogP contribution is -2.38. The lowest BCUT2D eigenvalue weighted by Gasteiger charge is -2.24. The van der Waals surface area contributed by atoms with Crippen LogP contribution in [0.1, 0.15) is 33.7 Å². The van der Waals surface area contributed by atoms with E-state index in [1.807, 2.05) is 37.6 Å². The summed E-state index contributed by atoms with van der Waals surface area (Å²) in [6.07, 6.45) is 4.51. The first kappa shape index (κ1) is 27.3. The predicted octanol–water partition coefficient (Wildman–Crippen LogP) is 3.76. The summed E-state index contributed by atoms with van der Waals surface area (Å²) in [4.78, 5) is 30.0. The third-order valence-corrected chi connectivity index (χ3v) is 6.87. The molecule has 0 radical (unpaired) electrons. The van der Waals surface area contributed by atoms with E-state index in [2.05, 4.69) is 48.7 Å². The van der Waals surface area contributed by atoms with Gasteiger partial charge in [0.05, 0.1) is 46.4 Å². The predicted molar refractivity (Wildman–Crippen MR) is 146 cm³/mol. The number of nitrogens with zero attached hydrogens (tertiary/aromatic N) is 7. The average molecular weight is 554 g/mol. The fourth-order valence-electron chi connectivity index (χ4n) is 4.65. The molecule has 1 amide bonds. The van der Waals surface area contributed by atoms with Crippen LogP contribution in [0.5, 0.6) is 0 Å². The first-order chi connectivity index (χ1) is 19.1. The molecule has 210 valence electrons. The topological polar surface area (TPSA) is 92.8 Å². The highest BCUT2D eigenvalue weighted by molar-refractivity contribution is 6.03. The second-order valence-electron chi connectivity index (χ2n) is 9.83. The number of aromatic nitrogens is 3. The smallest absolute Gasteiger partial charge is 0.369 e. The molecule has 0 aromatic carbocycles. The molecule has 0 unspecified atom stereocenters. The van der Waals surface area contributed by atoms with Crippen LogP contribution in [0.2, 0.25) is 0 Å². The Kier molecular flexibility index (Phi) is 7.59. The minimum absolute atomic E-state index is 0.311. The molecule has 5 heterocycles. The molecule has 10 nitrogen and oxygen atoms in total. The van der Waals surface area contributed by atoms with E-state index in [9.17, 15) is 18.0 Å². The van der Waals surface area contributed by atoms with Crippen LogP contribution >= 0.6 is 0 Å². The molecule has 13 heteroatoms. The second kappa shape index (κ2) is 11.1. The van der Waals surface area contributed by atoms with Gasteiger partial charge in [-0.05, 0) is 51.2 Å². The number of pyridine rings is 3. The van der Waals surface area contributed by atoms with E-state index in [-0.39, 0.29) is 5.69 Å². The Labute approximate surface area is 230 Å². The zero-order chi connectivity index (χ0) is 28.4. The van der Waals surface area contributed by atoms with Gasteiger partial charge in [-0.3, -0.25) is 29.8 Å². The molecule has 0 saturated carbocycles. The third-order valence-electron chi connectivity index (χ3n) is 6.87. The maximum atomic E-state index is 13.1. The van der Waals surface area contributed by atoms with Gasteiger partial charge < -0.3 is 15.1 Å². The number of likely N-dealkylation sites (N-methyl/N-ethyl adjacent to an activating group) is 1. The molecule has 1 saturated heterocycles. The van der Waals surface area contributed by atoms with Crippen molar-refractivity contribution in [2.45, 2.75) is 19.5 Å². The molecule has 2 aliphatic heterocycles. The number of alkyl halides is 3. The van der Waals surface area contributed by atoms with Crippen LogP contribution in [0.4, 0.5) is 30.2 Å². The molecule has 2 N–H and O–H groups in total. The van der Waals surface area contributed by atoms with Gasteiger partial charge in [-0.25, -0.2) is 0 Å². The summed E-state index contributed by atoms with van der Waals surface area (Å²) >= 11 is 0. The highest BCUT2D eigenvalue weighted by Crippen LogP contribution is 2.31. The number of hydrogen-bond acceptors (Lipinski definition) is 9. The normalized spacial score (nSPS) is 16.6. The van der Waals surface area contributed by atoms with Gasteiger partial charge in [0.15, 0.2) is 0 Å². The molecule has 40 heavy (non-hydrogen) atoms. The Morgan fingerprint density at radius 1 is 1.02 bits per heavy atom. The van der Waals surface area contributed by atoms with E-state index in [0.29, 0.717) is 17.1 Å². The third kappa shape index (κ3) is 6.00. The molecular weight excluding hydrogens is 523 g/mol. The maximum absolute atomic E-state index is 13.1. The first-order valence-corrected chi connectivity index (χ1v) is 12.8. The summed E-state index contributed by atoms with van der Waals surface area (Å²) in [6.45, 7) is 5.78. The molecule has 0 aliphatic carbocycles. The van der Waals surface area contributed by atoms with Crippen molar-refractivity contribution < 1.29 is 18.0 Å². The SMILES string of the molecule is Cc1ncc(NC(=O)c2cc(C(F)(F)F)ccn2)cc1N1C=C(c2cncc(N3CCCN(C)CC3)c2)N(C)N1. The summed E-state index contributed by atoms with van der Waals surface area (Å²) in [6, 6.07) is 5.35. The minimum atomic E-state index is -4.58. The first-order valence-electron chi connectivity index (χ1n) is 12.8. The summed E-state index contributed by atoms with van der Waals surface area (Å²) in [5, 5.41) is 6.22. The summed E-state index contributed by atoms with van der Waals surface area (Å²) in [5.41, 5.74) is 6.46. The number of hydrazine groups is 2. The van der Waals surface area contributed by atoms with Crippen LogP contribution in [0.15, 0.2) is 55.3 Å². The van der Waals surface area contributed by atoms with E-state index in [1.54, 1.807) is 11.1 Å². The van der Waals surface area contributed by atoms with Crippen LogP contribution in [0.3, 0.4) is 0 Å². The van der Waals surface area contributed by atoms with Crippen molar-refractivity contribution in [3.63, 3.8) is 0 Å². The van der Waals surface area contributed by atoms with Crippen molar-refractivity contribution in [1.29, 1.82) is 0 Å². The summed E-state index contributed by atoms with van der Waals surface area (Å²) < 4.78 is 39.2. The Bertz CT molecular complexity index is 1430. The maximum Gasteiger partial charge on any atom is 0.416 e. The molecule has 2 aliphatic rings. The molecular formula is C27H30F3N9O. The number of halogens is 3. The zero-order valence-electron chi connectivity index (χ0n) is 22.4. The van der Waals surface area contributed by atoms with E-state index in [1.165, 1.54) is 6.20 Å². The molecule has 3 aromatic heterocycles. The molecule has 0 bridgehead atoms. The Hall–Kier alpha value is -4.23. The van der Waals surface area contributed by atoms with Gasteiger partial charge in [0, 0.05) is 50.8 Å². The van der Waals surface area contributed by atoms with Crippen LogP contribution in [0, 0.1) is 6.92 Å². The zero-order valence-corrected chi connectivity index (χ0v) is 22.4. The van der Waals surface area contributed by atoms with Gasteiger partial charge in [0.2, 0.25) is 0 Å². The van der Waals surface area contributed by atoms with Crippen LogP contribution in [-0.2, 0) is 6.18 Å². The highest BCUT2D eigenvalue weighted by atomic mass is 19.4. The van der Waals surface area contributed by atoms with Crippen molar-refractivity contribution >= 4 is 28.7 Å². The van der Waals surface area contributed by atoms with E-state index in [4.69, 9.17) is 0 Å².